The smallest absolute Gasteiger partial charge is 0.367 e. The predicted octanol–water partition coefficient (Wildman–Crippen LogP) is 3.57. The molecule has 19 heavy (non-hydrogen) atoms. The second-order valence-corrected chi connectivity index (χ2v) is 4.70. The van der Waals surface area contributed by atoms with Crippen LogP contribution in [0.3, 0.4) is 0 Å². The van der Waals surface area contributed by atoms with Crippen LogP contribution in [-0.4, -0.2) is 17.6 Å². The zero-order valence-electron chi connectivity index (χ0n) is 10.4. The molecule has 0 saturated carbocycles. The average Bonchev–Trinajstić information content (AvgIpc) is 2.83. The fourth-order valence-corrected chi connectivity index (χ4v) is 2.24. The lowest BCUT2D eigenvalue weighted by Crippen LogP contribution is -2.03. The topological polar surface area (TPSA) is 39.2 Å². The minimum atomic E-state index is -0.570. The van der Waals surface area contributed by atoms with E-state index in [1.165, 1.54) is 12.3 Å². The molecule has 0 amide bonds. The number of benzene rings is 1. The maximum absolute atomic E-state index is 13.8. The number of halogens is 2. The third-order valence-electron chi connectivity index (χ3n) is 2.48. The Morgan fingerprint density at radius 2 is 2.11 bits per heavy atom. The summed E-state index contributed by atoms with van der Waals surface area (Å²) in [5.74, 6) is -1.64. The van der Waals surface area contributed by atoms with Crippen LogP contribution >= 0.6 is 11.3 Å². The van der Waals surface area contributed by atoms with Gasteiger partial charge in [-0.1, -0.05) is 0 Å². The van der Waals surface area contributed by atoms with Gasteiger partial charge in [0.25, 0.3) is 0 Å². The Morgan fingerprint density at radius 3 is 2.79 bits per heavy atom. The van der Waals surface area contributed by atoms with Gasteiger partial charge in [0.05, 0.1) is 12.3 Å². The second kappa shape index (κ2) is 5.44. The lowest BCUT2D eigenvalue weighted by molar-refractivity contribution is 0.0526. The Hall–Kier alpha value is -1.82. The molecular weight excluding hydrogens is 272 g/mol. The minimum absolute atomic E-state index is 0.0369. The molecule has 0 atom stereocenters. The largest absolute Gasteiger partial charge is 0.461 e. The first-order chi connectivity index (χ1) is 9.02. The summed E-state index contributed by atoms with van der Waals surface area (Å²) >= 11 is 1.04. The Bertz CT molecular complexity index is 625. The van der Waals surface area contributed by atoms with Gasteiger partial charge >= 0.3 is 5.97 Å². The zero-order chi connectivity index (χ0) is 14.0. The first-order valence-corrected chi connectivity index (χ1v) is 6.49. The van der Waals surface area contributed by atoms with Crippen molar-refractivity contribution in [2.45, 2.75) is 13.8 Å². The molecule has 6 heteroatoms. The Balaban J connectivity index is 2.38. The number of ether oxygens (including phenoxy) is 1. The maximum Gasteiger partial charge on any atom is 0.367 e. The normalized spacial score (nSPS) is 10.5. The molecule has 0 bridgehead atoms. The number of hydrogen-bond donors (Lipinski definition) is 0. The van der Waals surface area contributed by atoms with E-state index >= 15 is 0 Å². The summed E-state index contributed by atoms with van der Waals surface area (Å²) in [5.41, 5.74) is 0.487. The molecule has 2 aromatic rings. The van der Waals surface area contributed by atoms with E-state index in [9.17, 15) is 13.6 Å². The van der Waals surface area contributed by atoms with Crippen molar-refractivity contribution < 1.29 is 18.3 Å². The summed E-state index contributed by atoms with van der Waals surface area (Å²) in [7, 11) is 0. The number of carbonyl (C=O) groups is 1. The van der Waals surface area contributed by atoms with Crippen LogP contribution in [0, 0.1) is 18.6 Å². The van der Waals surface area contributed by atoms with Crippen LogP contribution in [0.1, 0.15) is 22.3 Å². The lowest BCUT2D eigenvalue weighted by atomic mass is 10.1. The maximum atomic E-state index is 13.8. The number of hydrogen-bond acceptors (Lipinski definition) is 4. The van der Waals surface area contributed by atoms with E-state index in [0.29, 0.717) is 0 Å². The number of aromatic nitrogens is 1. The standard InChI is InChI=1S/C13H11F2NO2S/c1-3-18-13(17)12-16-11(6-19-12)8-5-9(14)7(2)4-10(8)15/h4-6H,3H2,1-2H3. The van der Waals surface area contributed by atoms with E-state index in [2.05, 4.69) is 4.98 Å². The van der Waals surface area contributed by atoms with Crippen molar-refractivity contribution in [3.05, 3.63) is 39.7 Å². The highest BCUT2D eigenvalue weighted by molar-refractivity contribution is 7.11. The SMILES string of the molecule is CCOC(=O)c1nc(-c2cc(F)c(C)cc2F)cs1. The summed E-state index contributed by atoms with van der Waals surface area (Å²) in [4.78, 5) is 15.4. The van der Waals surface area contributed by atoms with Gasteiger partial charge in [0.1, 0.15) is 11.6 Å². The predicted molar refractivity (Wildman–Crippen MR) is 68.2 cm³/mol. The highest BCUT2D eigenvalue weighted by atomic mass is 32.1. The summed E-state index contributed by atoms with van der Waals surface area (Å²) in [6.07, 6.45) is 0. The van der Waals surface area contributed by atoms with Gasteiger partial charge in [0.2, 0.25) is 5.01 Å². The van der Waals surface area contributed by atoms with Crippen molar-refractivity contribution >= 4 is 17.3 Å². The lowest BCUT2D eigenvalue weighted by Gasteiger charge is -2.02. The second-order valence-electron chi connectivity index (χ2n) is 3.84. The molecule has 0 radical (unpaired) electrons. The van der Waals surface area contributed by atoms with Crippen LogP contribution in [0.4, 0.5) is 8.78 Å². The van der Waals surface area contributed by atoms with Crippen molar-refractivity contribution in [3.8, 4) is 11.3 Å². The van der Waals surface area contributed by atoms with Gasteiger partial charge in [-0.05, 0) is 31.5 Å². The van der Waals surface area contributed by atoms with Gasteiger partial charge < -0.3 is 4.74 Å². The first kappa shape index (κ1) is 13.6. The molecule has 0 aliphatic rings. The summed E-state index contributed by atoms with van der Waals surface area (Å²) < 4.78 is 32.0. The van der Waals surface area contributed by atoms with Gasteiger partial charge in [-0.2, -0.15) is 0 Å². The van der Waals surface area contributed by atoms with E-state index in [4.69, 9.17) is 4.74 Å². The fraction of sp³-hybridized carbons (Fsp3) is 0.231. The molecule has 0 fully saturated rings. The number of esters is 1. The quantitative estimate of drug-likeness (QED) is 0.808. The Morgan fingerprint density at radius 1 is 1.37 bits per heavy atom. The Kier molecular flexibility index (Phi) is 3.90. The molecule has 1 heterocycles. The van der Waals surface area contributed by atoms with Crippen molar-refractivity contribution in [2.24, 2.45) is 0 Å². The molecular formula is C13H11F2NO2S. The van der Waals surface area contributed by atoms with Crippen molar-refractivity contribution in [3.63, 3.8) is 0 Å². The van der Waals surface area contributed by atoms with E-state index < -0.39 is 17.6 Å². The molecule has 0 saturated heterocycles. The van der Waals surface area contributed by atoms with Gasteiger partial charge in [-0.3, -0.25) is 0 Å². The third kappa shape index (κ3) is 2.78. The van der Waals surface area contributed by atoms with Gasteiger partial charge in [-0.25, -0.2) is 18.6 Å². The van der Waals surface area contributed by atoms with Crippen LogP contribution in [0.25, 0.3) is 11.3 Å². The number of thiazole rings is 1. The average molecular weight is 283 g/mol. The van der Waals surface area contributed by atoms with Crippen LogP contribution in [-0.2, 0) is 4.74 Å². The molecule has 1 aromatic heterocycles. The summed E-state index contributed by atoms with van der Waals surface area (Å²) in [6.45, 7) is 3.40. The highest BCUT2D eigenvalue weighted by Crippen LogP contribution is 2.27. The fourth-order valence-electron chi connectivity index (χ4n) is 1.53. The number of aryl methyl sites for hydroxylation is 1. The van der Waals surface area contributed by atoms with Gasteiger partial charge in [-0.15, -0.1) is 11.3 Å². The summed E-state index contributed by atoms with van der Waals surface area (Å²) in [6, 6.07) is 2.18. The molecule has 2 rings (SSSR count). The van der Waals surface area contributed by atoms with Crippen LogP contribution in [0.5, 0.6) is 0 Å². The molecule has 0 aliphatic heterocycles. The molecule has 3 nitrogen and oxygen atoms in total. The molecule has 0 N–H and O–H groups in total. The number of carbonyl (C=O) groups excluding carboxylic acids is 1. The zero-order valence-corrected chi connectivity index (χ0v) is 11.2. The minimum Gasteiger partial charge on any atom is -0.461 e. The Labute approximate surface area is 112 Å². The van der Waals surface area contributed by atoms with Crippen molar-refractivity contribution in [1.29, 1.82) is 0 Å². The molecule has 0 spiro atoms. The monoisotopic (exact) mass is 283 g/mol. The molecule has 0 aliphatic carbocycles. The van der Waals surface area contributed by atoms with Crippen LogP contribution < -0.4 is 0 Å². The van der Waals surface area contributed by atoms with E-state index in [1.54, 1.807) is 6.92 Å². The van der Waals surface area contributed by atoms with Crippen LogP contribution in [0.15, 0.2) is 17.5 Å². The van der Waals surface area contributed by atoms with Gasteiger partial charge in [0.15, 0.2) is 0 Å². The van der Waals surface area contributed by atoms with E-state index in [0.717, 1.165) is 23.5 Å². The van der Waals surface area contributed by atoms with Crippen molar-refractivity contribution in [2.75, 3.05) is 6.61 Å². The van der Waals surface area contributed by atoms with Gasteiger partial charge in [0, 0.05) is 10.9 Å². The van der Waals surface area contributed by atoms with Crippen LogP contribution in [0.2, 0.25) is 0 Å². The molecule has 100 valence electrons. The third-order valence-corrected chi connectivity index (χ3v) is 3.30. The van der Waals surface area contributed by atoms with E-state index in [1.807, 2.05) is 0 Å². The molecule has 0 unspecified atom stereocenters. The first-order valence-electron chi connectivity index (χ1n) is 5.61. The number of nitrogens with zero attached hydrogens (tertiary/aromatic N) is 1. The summed E-state index contributed by atoms with van der Waals surface area (Å²) in [5, 5.41) is 1.62. The van der Waals surface area contributed by atoms with E-state index in [-0.39, 0.29) is 28.4 Å². The van der Waals surface area contributed by atoms with Crippen molar-refractivity contribution in [1.82, 2.24) is 4.98 Å². The molecule has 1 aromatic carbocycles. The highest BCUT2D eigenvalue weighted by Gasteiger charge is 2.16. The number of rotatable bonds is 3.